The lowest BCUT2D eigenvalue weighted by atomic mass is 9.64. The van der Waals surface area contributed by atoms with E-state index < -0.39 is 17.4 Å². The monoisotopic (exact) mass is 391 g/mol. The number of anilines is 1. The van der Waals surface area contributed by atoms with Crippen molar-refractivity contribution >= 4 is 36.0 Å². The zero-order valence-corrected chi connectivity index (χ0v) is 15.8. The van der Waals surface area contributed by atoms with Gasteiger partial charge < -0.3 is 9.47 Å². The molecule has 4 heterocycles. The van der Waals surface area contributed by atoms with Crippen molar-refractivity contribution in [3.05, 3.63) is 28.8 Å². The van der Waals surface area contributed by atoms with Gasteiger partial charge in [0.25, 0.3) is 0 Å². The Balaban J connectivity index is 1.61. The Morgan fingerprint density at radius 1 is 1.50 bits per heavy atom. The molecule has 0 aromatic heterocycles. The van der Waals surface area contributed by atoms with E-state index in [9.17, 15) is 4.79 Å². The van der Waals surface area contributed by atoms with Crippen LogP contribution in [0.5, 0.6) is 0 Å². The van der Waals surface area contributed by atoms with Crippen LogP contribution in [0.2, 0.25) is 5.02 Å². The number of rotatable bonds is 2. The molecule has 4 saturated heterocycles. The molecule has 26 heavy (non-hydrogen) atoms. The number of carbonyl (C=O) groups is 1. The molecule has 0 radical (unpaired) electrons. The van der Waals surface area contributed by atoms with Gasteiger partial charge in [-0.15, -0.1) is 0 Å². The average molecular weight is 392 g/mol. The summed E-state index contributed by atoms with van der Waals surface area (Å²) < 4.78 is 15.7. The topological polar surface area (TPSA) is 74.6 Å². The van der Waals surface area contributed by atoms with E-state index in [1.54, 1.807) is 23.1 Å². The molecule has 0 saturated carbocycles. The Kier molecular flexibility index (Phi) is 3.48. The number of carbonyl (C=O) groups excluding carboxylic acids is 1. The number of halogens is 1. The van der Waals surface area contributed by atoms with Gasteiger partial charge in [0, 0.05) is 24.1 Å². The predicted molar refractivity (Wildman–Crippen MR) is 97.7 cm³/mol. The number of nitriles is 1. The first kappa shape index (κ1) is 16.8. The highest BCUT2D eigenvalue weighted by molar-refractivity contribution is 7.78. The second kappa shape index (κ2) is 5.37. The molecular weight excluding hydrogens is 374 g/mol. The van der Waals surface area contributed by atoms with E-state index in [1.807, 2.05) is 13.0 Å². The minimum absolute atomic E-state index is 0.00432. The van der Waals surface area contributed by atoms with E-state index in [2.05, 4.69) is 17.5 Å². The van der Waals surface area contributed by atoms with Gasteiger partial charge in [-0.3, -0.25) is 14.4 Å². The van der Waals surface area contributed by atoms with Gasteiger partial charge in [-0.1, -0.05) is 24.4 Å². The minimum atomic E-state index is -0.529. The quantitative estimate of drug-likeness (QED) is 0.756. The fraction of sp³-hybridized carbons (Fsp3) is 0.556. The summed E-state index contributed by atoms with van der Waals surface area (Å²) in [6.07, 6.45) is 1.10. The normalized spacial score (nSPS) is 42.8. The summed E-state index contributed by atoms with van der Waals surface area (Å²) in [7, 11) is 0. The number of benzene rings is 1. The zero-order chi connectivity index (χ0) is 18.3. The van der Waals surface area contributed by atoms with Crippen molar-refractivity contribution in [2.75, 3.05) is 11.5 Å². The Labute approximate surface area is 161 Å². The molecule has 2 bridgehead atoms. The molecule has 1 N–H and O–H groups in total. The highest BCUT2D eigenvalue weighted by Gasteiger charge is 2.78. The maximum absolute atomic E-state index is 13.4. The lowest BCUT2D eigenvalue weighted by molar-refractivity contribution is -0.142. The van der Waals surface area contributed by atoms with Gasteiger partial charge in [0.1, 0.15) is 12.3 Å². The molecule has 6 nitrogen and oxygen atoms in total. The van der Waals surface area contributed by atoms with Crippen molar-refractivity contribution in [3.63, 3.8) is 0 Å². The highest BCUT2D eigenvalue weighted by Crippen LogP contribution is 2.65. The molecule has 1 aromatic carbocycles. The summed E-state index contributed by atoms with van der Waals surface area (Å²) in [5, 5.41) is 9.43. The third-order valence-electron chi connectivity index (χ3n) is 6.56. The van der Waals surface area contributed by atoms with Crippen LogP contribution in [0.1, 0.15) is 25.3 Å². The molecular formula is C18H18ClN3O3S. The predicted octanol–water partition coefficient (Wildman–Crippen LogP) is 2.27. The Morgan fingerprint density at radius 3 is 3.00 bits per heavy atom. The number of thiol groups is 1. The van der Waals surface area contributed by atoms with E-state index in [4.69, 9.17) is 26.3 Å². The van der Waals surface area contributed by atoms with Crippen molar-refractivity contribution in [2.24, 2.45) is 11.8 Å². The van der Waals surface area contributed by atoms with E-state index in [0.29, 0.717) is 22.9 Å². The largest absolute Gasteiger partial charge is 0.366 e. The van der Waals surface area contributed by atoms with Crippen LogP contribution in [0.4, 0.5) is 5.69 Å². The van der Waals surface area contributed by atoms with Gasteiger partial charge in [0.2, 0.25) is 5.91 Å². The molecule has 4 aliphatic heterocycles. The van der Waals surface area contributed by atoms with Crippen molar-refractivity contribution < 1.29 is 14.3 Å². The van der Waals surface area contributed by atoms with Crippen molar-refractivity contribution in [3.8, 4) is 6.07 Å². The minimum Gasteiger partial charge on any atom is -0.366 e. The Hall–Kier alpha value is -1.30. The summed E-state index contributed by atoms with van der Waals surface area (Å²) >= 11 is 10.5. The number of amides is 1. The van der Waals surface area contributed by atoms with Crippen LogP contribution in [0.25, 0.3) is 0 Å². The number of hydrogen-bond donors (Lipinski definition) is 2. The van der Waals surface area contributed by atoms with Crippen LogP contribution in [0, 0.1) is 23.2 Å². The number of hydrogen-bond acceptors (Lipinski definition) is 6. The second-order valence-corrected chi connectivity index (χ2v) is 8.42. The van der Waals surface area contributed by atoms with E-state index in [-0.39, 0.29) is 23.8 Å². The third kappa shape index (κ3) is 1.87. The Morgan fingerprint density at radius 2 is 2.31 bits per heavy atom. The van der Waals surface area contributed by atoms with E-state index in [0.717, 1.165) is 12.8 Å². The van der Waals surface area contributed by atoms with Crippen molar-refractivity contribution in [2.45, 2.75) is 43.2 Å². The van der Waals surface area contributed by atoms with Crippen LogP contribution < -0.4 is 9.62 Å². The van der Waals surface area contributed by atoms with Gasteiger partial charge in [0.05, 0.1) is 34.3 Å². The fourth-order valence-corrected chi connectivity index (χ4v) is 6.14. The molecule has 8 heteroatoms. The third-order valence-corrected chi connectivity index (χ3v) is 7.18. The zero-order valence-electron chi connectivity index (χ0n) is 14.1. The standard InChI is InChI=1S/C18H18ClN3O3S/c1-17-7-12(21-26)18(25-17)4-5-24-16-14(18)13(17)15(23)22(16)10-3-2-9(8-20)11(19)6-10/h2-3,6,12-14,16,21,26H,4-5,7H2,1H3/t12?,13-,14+,16+,17?,18?/m1/s1. The summed E-state index contributed by atoms with van der Waals surface area (Å²) in [6.45, 7) is 2.54. The summed E-state index contributed by atoms with van der Waals surface area (Å²) in [4.78, 5) is 15.1. The number of ether oxygens (including phenoxy) is 2. The Bertz CT molecular complexity index is 861. The van der Waals surface area contributed by atoms with Gasteiger partial charge in [0.15, 0.2) is 0 Å². The highest BCUT2D eigenvalue weighted by atomic mass is 35.5. The number of nitrogens with one attached hydrogen (secondary N) is 1. The average Bonchev–Trinajstić information content (AvgIpc) is 3.18. The smallest absolute Gasteiger partial charge is 0.235 e. The first-order valence-electron chi connectivity index (χ1n) is 8.69. The lowest BCUT2D eigenvalue weighted by Gasteiger charge is -2.45. The first-order chi connectivity index (χ1) is 12.4. The van der Waals surface area contributed by atoms with Crippen LogP contribution in [0.3, 0.4) is 0 Å². The number of nitrogens with zero attached hydrogens (tertiary/aromatic N) is 2. The van der Waals surface area contributed by atoms with Gasteiger partial charge in [-0.25, -0.2) is 0 Å². The first-order valence-corrected chi connectivity index (χ1v) is 9.52. The lowest BCUT2D eigenvalue weighted by Crippen LogP contribution is -2.59. The van der Waals surface area contributed by atoms with Crippen LogP contribution >= 0.6 is 24.4 Å². The van der Waals surface area contributed by atoms with Crippen LogP contribution in [-0.2, 0) is 14.3 Å². The van der Waals surface area contributed by atoms with Crippen molar-refractivity contribution in [1.82, 2.24) is 4.72 Å². The number of fused-ring (bicyclic) bond motifs is 2. The maximum Gasteiger partial charge on any atom is 0.235 e. The summed E-state index contributed by atoms with van der Waals surface area (Å²) in [5.41, 5.74) is 0.0798. The second-order valence-electron chi connectivity index (χ2n) is 7.75. The van der Waals surface area contributed by atoms with Crippen LogP contribution in [-0.4, -0.2) is 36.0 Å². The fourth-order valence-electron chi connectivity index (χ4n) is 5.62. The summed E-state index contributed by atoms with van der Waals surface area (Å²) in [6, 6.07) is 7.20. The molecule has 1 aromatic rings. The van der Waals surface area contributed by atoms with E-state index >= 15 is 0 Å². The molecule has 5 rings (SSSR count). The van der Waals surface area contributed by atoms with Gasteiger partial charge >= 0.3 is 0 Å². The molecule has 4 fully saturated rings. The van der Waals surface area contributed by atoms with Gasteiger partial charge in [-0.2, -0.15) is 5.26 Å². The molecule has 0 aliphatic carbocycles. The van der Waals surface area contributed by atoms with E-state index in [1.165, 1.54) is 0 Å². The SMILES string of the molecule is CC12CC(NS)C3(CCO[C@H]4[C@@H]3[C@@H]1C(=O)N4c1ccc(C#N)c(Cl)c1)O2. The maximum atomic E-state index is 13.4. The van der Waals surface area contributed by atoms with Gasteiger partial charge in [-0.05, 0) is 31.5 Å². The molecule has 1 amide bonds. The van der Waals surface area contributed by atoms with Crippen molar-refractivity contribution in [1.29, 1.82) is 5.26 Å². The molecule has 1 spiro atoms. The molecule has 4 aliphatic rings. The summed E-state index contributed by atoms with van der Waals surface area (Å²) in [5.74, 6) is -0.300. The molecule has 136 valence electrons. The molecule has 6 atom stereocenters. The van der Waals surface area contributed by atoms with Crippen LogP contribution in [0.15, 0.2) is 18.2 Å². The molecule has 3 unspecified atom stereocenters.